The van der Waals surface area contributed by atoms with Crippen molar-refractivity contribution in [1.29, 1.82) is 0 Å². The maximum absolute atomic E-state index is 11.8. The lowest BCUT2D eigenvalue weighted by Gasteiger charge is -2.37. The average Bonchev–Trinajstić information content (AvgIpc) is 3.22. The summed E-state index contributed by atoms with van der Waals surface area (Å²) in [6.45, 7) is 2.18. The first-order valence-corrected chi connectivity index (χ1v) is 8.96. The second-order valence-corrected chi connectivity index (χ2v) is 8.19. The molecular weight excluding hydrogens is 278 g/mol. The molecule has 2 fully saturated rings. The summed E-state index contributed by atoms with van der Waals surface area (Å²) in [4.78, 5) is 11.8. The number of hydrogen-bond acceptors (Lipinski definition) is 4. The van der Waals surface area contributed by atoms with Crippen LogP contribution in [0.25, 0.3) is 0 Å². The van der Waals surface area contributed by atoms with Crippen molar-refractivity contribution in [2.75, 3.05) is 6.54 Å². The van der Waals surface area contributed by atoms with Crippen LogP contribution < -0.4 is 15.8 Å². The van der Waals surface area contributed by atoms with Crippen LogP contribution in [-0.2, 0) is 14.8 Å². The average molecular weight is 303 g/mol. The van der Waals surface area contributed by atoms with Gasteiger partial charge in [0.1, 0.15) is 0 Å². The Kier molecular flexibility index (Phi) is 4.71. The van der Waals surface area contributed by atoms with Gasteiger partial charge in [-0.05, 0) is 32.6 Å². The summed E-state index contributed by atoms with van der Waals surface area (Å²) in [5.74, 6) is -0.325. The zero-order chi connectivity index (χ0) is 14.8. The van der Waals surface area contributed by atoms with E-state index < -0.39 is 15.6 Å². The second-order valence-electron chi connectivity index (χ2n) is 6.15. The van der Waals surface area contributed by atoms with Gasteiger partial charge in [0.05, 0.1) is 10.8 Å². The Morgan fingerprint density at radius 2 is 1.90 bits per heavy atom. The molecule has 2 saturated carbocycles. The zero-order valence-corrected chi connectivity index (χ0v) is 12.8. The van der Waals surface area contributed by atoms with Crippen LogP contribution in [0.2, 0.25) is 0 Å². The number of rotatable bonds is 7. The van der Waals surface area contributed by atoms with Gasteiger partial charge in [-0.25, -0.2) is 13.1 Å². The summed E-state index contributed by atoms with van der Waals surface area (Å²) in [5.41, 5.74) is 4.89. The molecule has 7 heteroatoms. The first-order valence-electron chi connectivity index (χ1n) is 7.42. The molecule has 0 aliphatic heterocycles. The van der Waals surface area contributed by atoms with Gasteiger partial charge in [0, 0.05) is 12.6 Å². The van der Waals surface area contributed by atoms with Crippen LogP contribution >= 0.6 is 0 Å². The number of amides is 1. The lowest BCUT2D eigenvalue weighted by molar-refractivity contribution is -0.126. The molecule has 0 aromatic rings. The third-order valence-electron chi connectivity index (χ3n) is 4.26. The van der Waals surface area contributed by atoms with Crippen molar-refractivity contribution in [3.8, 4) is 0 Å². The molecule has 0 spiro atoms. The van der Waals surface area contributed by atoms with E-state index in [1.807, 2.05) is 6.92 Å². The fourth-order valence-electron chi connectivity index (χ4n) is 2.88. The molecule has 0 aromatic carbocycles. The Morgan fingerprint density at radius 3 is 2.40 bits per heavy atom. The number of nitrogens with two attached hydrogens (primary N) is 1. The summed E-state index contributed by atoms with van der Waals surface area (Å²) >= 11 is 0. The number of nitrogens with one attached hydrogen (secondary N) is 2. The molecule has 0 aromatic heterocycles. The van der Waals surface area contributed by atoms with E-state index in [1.54, 1.807) is 0 Å². The van der Waals surface area contributed by atoms with Gasteiger partial charge in [-0.3, -0.25) is 10.1 Å². The lowest BCUT2D eigenvalue weighted by Crippen LogP contribution is -2.60. The smallest absolute Gasteiger partial charge is 0.237 e. The third-order valence-corrected chi connectivity index (χ3v) is 6.17. The molecule has 0 bridgehead atoms. The van der Waals surface area contributed by atoms with Crippen molar-refractivity contribution in [2.24, 2.45) is 5.73 Å². The van der Waals surface area contributed by atoms with Crippen molar-refractivity contribution < 1.29 is 13.2 Å². The van der Waals surface area contributed by atoms with Crippen LogP contribution in [0.5, 0.6) is 0 Å². The second kappa shape index (κ2) is 5.99. The topological polar surface area (TPSA) is 101 Å². The van der Waals surface area contributed by atoms with E-state index in [0.717, 1.165) is 44.9 Å². The Labute approximate surface area is 120 Å². The van der Waals surface area contributed by atoms with E-state index in [2.05, 4.69) is 10.0 Å². The molecule has 0 saturated heterocycles. The maximum atomic E-state index is 11.8. The Hall–Kier alpha value is -0.660. The maximum Gasteiger partial charge on any atom is 0.237 e. The van der Waals surface area contributed by atoms with Gasteiger partial charge in [0.25, 0.3) is 0 Å². The largest absolute Gasteiger partial charge is 0.368 e. The van der Waals surface area contributed by atoms with Crippen molar-refractivity contribution in [3.63, 3.8) is 0 Å². The van der Waals surface area contributed by atoms with Gasteiger partial charge < -0.3 is 5.73 Å². The number of carbonyl (C=O) groups excluding carboxylic acids is 1. The van der Waals surface area contributed by atoms with Gasteiger partial charge in [-0.2, -0.15) is 0 Å². The minimum absolute atomic E-state index is 0.117. The molecule has 116 valence electrons. The summed E-state index contributed by atoms with van der Waals surface area (Å²) in [6, 6.07) is -0.117. The van der Waals surface area contributed by atoms with Gasteiger partial charge in [-0.15, -0.1) is 0 Å². The van der Waals surface area contributed by atoms with Crippen LogP contribution in [0, 0.1) is 0 Å². The quantitative estimate of drug-likeness (QED) is 0.627. The van der Waals surface area contributed by atoms with E-state index in [1.165, 1.54) is 0 Å². The molecule has 4 N–H and O–H groups in total. The minimum atomic E-state index is -3.17. The highest BCUT2D eigenvalue weighted by molar-refractivity contribution is 7.90. The number of sulfonamides is 1. The zero-order valence-electron chi connectivity index (χ0n) is 12.0. The molecule has 20 heavy (non-hydrogen) atoms. The number of carbonyl (C=O) groups is 1. The van der Waals surface area contributed by atoms with Gasteiger partial charge in [-0.1, -0.05) is 19.3 Å². The van der Waals surface area contributed by atoms with Crippen LogP contribution in [0.3, 0.4) is 0 Å². The Bertz CT molecular complexity index is 453. The third kappa shape index (κ3) is 3.71. The van der Waals surface area contributed by atoms with Crippen molar-refractivity contribution in [1.82, 2.24) is 10.0 Å². The summed E-state index contributed by atoms with van der Waals surface area (Å²) in [5, 5.41) is 3.05. The summed E-state index contributed by atoms with van der Waals surface area (Å²) in [6.07, 6.45) is 6.07. The lowest BCUT2D eigenvalue weighted by atomic mass is 9.80. The van der Waals surface area contributed by atoms with E-state index in [-0.39, 0.29) is 17.2 Å². The predicted octanol–water partition coefficient (Wildman–Crippen LogP) is 0.235. The molecule has 1 amide bonds. The summed E-state index contributed by atoms with van der Waals surface area (Å²) < 4.78 is 26.2. The molecular formula is C13H25N3O3S. The standard InChI is InChI=1S/C13H25N3O3S/c1-10(9-15-20(18,19)11-5-6-11)16-13(12(14)17)7-3-2-4-8-13/h10-11,15-16H,2-9H2,1H3,(H2,14,17). The fourth-order valence-corrected chi connectivity index (χ4v) is 4.35. The first-order chi connectivity index (χ1) is 9.36. The van der Waals surface area contributed by atoms with E-state index in [4.69, 9.17) is 5.73 Å². The highest BCUT2D eigenvalue weighted by Gasteiger charge is 2.39. The molecule has 0 heterocycles. The monoisotopic (exact) mass is 303 g/mol. The highest BCUT2D eigenvalue weighted by atomic mass is 32.2. The van der Waals surface area contributed by atoms with Crippen LogP contribution in [0.15, 0.2) is 0 Å². The Balaban J connectivity index is 1.88. The van der Waals surface area contributed by atoms with E-state index in [0.29, 0.717) is 6.54 Å². The fraction of sp³-hybridized carbons (Fsp3) is 0.923. The number of primary amides is 1. The molecule has 6 nitrogen and oxygen atoms in total. The minimum Gasteiger partial charge on any atom is -0.368 e. The van der Waals surface area contributed by atoms with Crippen molar-refractivity contribution in [3.05, 3.63) is 0 Å². The normalized spacial score (nSPS) is 24.2. The SMILES string of the molecule is CC(CNS(=O)(=O)C1CC1)NC1(C(N)=O)CCCCC1. The summed E-state index contributed by atoms with van der Waals surface area (Å²) in [7, 11) is -3.17. The molecule has 1 unspecified atom stereocenters. The number of hydrogen-bond donors (Lipinski definition) is 3. The van der Waals surface area contributed by atoms with E-state index >= 15 is 0 Å². The molecule has 2 aliphatic carbocycles. The molecule has 0 radical (unpaired) electrons. The van der Waals surface area contributed by atoms with Crippen molar-refractivity contribution >= 4 is 15.9 Å². The first kappa shape index (κ1) is 15.7. The Morgan fingerprint density at radius 1 is 1.30 bits per heavy atom. The molecule has 2 rings (SSSR count). The predicted molar refractivity (Wildman–Crippen MR) is 77.6 cm³/mol. The molecule has 1 atom stereocenters. The van der Waals surface area contributed by atoms with Crippen molar-refractivity contribution in [2.45, 2.75) is 68.7 Å². The highest BCUT2D eigenvalue weighted by Crippen LogP contribution is 2.29. The van der Waals surface area contributed by atoms with Crippen LogP contribution in [-0.4, -0.2) is 37.7 Å². The van der Waals surface area contributed by atoms with Gasteiger partial charge in [0.2, 0.25) is 15.9 Å². The molecule has 2 aliphatic rings. The van der Waals surface area contributed by atoms with Crippen LogP contribution in [0.1, 0.15) is 51.9 Å². The van der Waals surface area contributed by atoms with Crippen LogP contribution in [0.4, 0.5) is 0 Å². The van der Waals surface area contributed by atoms with Gasteiger partial charge in [0.15, 0.2) is 0 Å². The van der Waals surface area contributed by atoms with Gasteiger partial charge >= 0.3 is 0 Å². The van der Waals surface area contributed by atoms with E-state index in [9.17, 15) is 13.2 Å².